The van der Waals surface area contributed by atoms with E-state index in [4.69, 9.17) is 0 Å². The molecule has 1 aromatic heterocycles. The fourth-order valence-electron chi connectivity index (χ4n) is 2.34. The Bertz CT molecular complexity index is 877. The van der Waals surface area contributed by atoms with Crippen LogP contribution in [0.15, 0.2) is 42.5 Å². The second-order valence-corrected chi connectivity index (χ2v) is 4.94. The molecule has 7 heteroatoms. The number of hydrogen-bond donors (Lipinski definition) is 2. The molecular weight excluding hydrogens is 304 g/mol. The number of halogens is 2. The first-order chi connectivity index (χ1) is 11.1. The molecule has 0 spiro atoms. The number of nitrogens with one attached hydrogen (secondary N) is 1. The Hall–Kier alpha value is -2.80. The van der Waals surface area contributed by atoms with E-state index in [0.29, 0.717) is 16.9 Å². The molecule has 0 fully saturated rings. The average molecular weight is 317 g/mol. The zero-order chi connectivity index (χ0) is 16.4. The molecule has 0 aliphatic carbocycles. The van der Waals surface area contributed by atoms with Gasteiger partial charge in [-0.2, -0.15) is 0 Å². The molecule has 1 heterocycles. The van der Waals surface area contributed by atoms with Crippen molar-refractivity contribution in [3.63, 3.8) is 0 Å². The first-order valence-corrected chi connectivity index (χ1v) is 6.88. The molecule has 0 saturated heterocycles. The number of anilines is 1. The number of hydrogen-bond acceptors (Lipinski definition) is 3. The van der Waals surface area contributed by atoms with E-state index >= 15 is 0 Å². The molecule has 0 saturated carbocycles. The van der Waals surface area contributed by atoms with Crippen molar-refractivity contribution in [3.8, 4) is 0 Å². The number of carbonyl (C=O) groups is 1. The van der Waals surface area contributed by atoms with E-state index in [1.807, 2.05) is 6.07 Å². The van der Waals surface area contributed by atoms with E-state index in [2.05, 4.69) is 10.3 Å². The van der Waals surface area contributed by atoms with E-state index in [9.17, 15) is 18.7 Å². The minimum Gasteiger partial charge on any atom is -0.388 e. The summed E-state index contributed by atoms with van der Waals surface area (Å²) in [6, 6.07) is 10.3. The minimum atomic E-state index is -1.04. The Kier molecular flexibility index (Phi) is 4.03. The molecule has 3 aromatic rings. The number of carbonyl (C=O) groups excluding carboxylic acids is 1. The lowest BCUT2D eigenvalue weighted by Crippen LogP contribution is -2.20. The molecule has 0 aliphatic rings. The van der Waals surface area contributed by atoms with Gasteiger partial charge in [0.1, 0.15) is 19.0 Å². The standard InChI is InChI=1S/C16H13F2N3O2/c17-11-6-5-10(7-12(11)18)19-16(23)8-21-14-4-2-1-3-13(14)20-15(21)9-22/h1-7,22H,8-9H2,(H,19,23). The van der Waals surface area contributed by atoms with Crippen molar-refractivity contribution < 1.29 is 18.7 Å². The fourth-order valence-corrected chi connectivity index (χ4v) is 2.34. The highest BCUT2D eigenvalue weighted by molar-refractivity contribution is 5.91. The Balaban J connectivity index is 1.83. The molecule has 5 nitrogen and oxygen atoms in total. The Morgan fingerprint density at radius 2 is 1.96 bits per heavy atom. The quantitative estimate of drug-likeness (QED) is 0.777. The van der Waals surface area contributed by atoms with Crippen molar-refractivity contribution in [3.05, 3.63) is 59.9 Å². The van der Waals surface area contributed by atoms with E-state index in [0.717, 1.165) is 12.1 Å². The van der Waals surface area contributed by atoms with Crippen molar-refractivity contribution in [2.45, 2.75) is 13.2 Å². The lowest BCUT2D eigenvalue weighted by Gasteiger charge is -2.09. The molecular formula is C16H13F2N3O2. The van der Waals surface area contributed by atoms with Gasteiger partial charge in [0.15, 0.2) is 11.6 Å². The van der Waals surface area contributed by atoms with Gasteiger partial charge < -0.3 is 15.0 Å². The summed E-state index contributed by atoms with van der Waals surface area (Å²) < 4.78 is 27.6. The van der Waals surface area contributed by atoms with Crippen molar-refractivity contribution in [2.75, 3.05) is 5.32 Å². The molecule has 118 valence electrons. The first kappa shape index (κ1) is 15.1. The van der Waals surface area contributed by atoms with Gasteiger partial charge in [-0.15, -0.1) is 0 Å². The van der Waals surface area contributed by atoms with Crippen LogP contribution >= 0.6 is 0 Å². The molecule has 0 radical (unpaired) electrons. The first-order valence-electron chi connectivity index (χ1n) is 6.88. The van der Waals surface area contributed by atoms with E-state index in [-0.39, 0.29) is 18.8 Å². The van der Waals surface area contributed by atoms with E-state index < -0.39 is 17.5 Å². The molecule has 23 heavy (non-hydrogen) atoms. The largest absolute Gasteiger partial charge is 0.388 e. The number of aliphatic hydroxyl groups excluding tert-OH is 1. The average Bonchev–Trinajstić information content (AvgIpc) is 2.89. The molecule has 2 N–H and O–H groups in total. The maximum absolute atomic E-state index is 13.2. The highest BCUT2D eigenvalue weighted by Crippen LogP contribution is 2.17. The van der Waals surface area contributed by atoms with Gasteiger partial charge >= 0.3 is 0 Å². The van der Waals surface area contributed by atoms with Gasteiger partial charge in [-0.05, 0) is 24.3 Å². The number of rotatable bonds is 4. The van der Waals surface area contributed by atoms with Crippen LogP contribution < -0.4 is 5.32 Å². The number of benzene rings is 2. The number of imidazole rings is 1. The maximum atomic E-state index is 13.2. The third-order valence-corrected chi connectivity index (χ3v) is 3.38. The van der Waals surface area contributed by atoms with Gasteiger partial charge in [0.2, 0.25) is 5.91 Å². The van der Waals surface area contributed by atoms with Crippen LogP contribution in [0.5, 0.6) is 0 Å². The van der Waals surface area contributed by atoms with Crippen molar-refractivity contribution in [2.24, 2.45) is 0 Å². The maximum Gasteiger partial charge on any atom is 0.244 e. The number of nitrogens with zero attached hydrogens (tertiary/aromatic N) is 2. The van der Waals surface area contributed by atoms with E-state index in [1.165, 1.54) is 6.07 Å². The molecule has 0 bridgehead atoms. The summed E-state index contributed by atoms with van der Waals surface area (Å²) in [5.41, 5.74) is 1.53. The Labute approximate surface area is 130 Å². The lowest BCUT2D eigenvalue weighted by atomic mass is 10.3. The fraction of sp³-hybridized carbons (Fsp3) is 0.125. The molecule has 2 aromatic carbocycles. The molecule has 0 aliphatic heterocycles. The zero-order valence-electron chi connectivity index (χ0n) is 12.0. The highest BCUT2D eigenvalue weighted by Gasteiger charge is 2.13. The summed E-state index contributed by atoms with van der Waals surface area (Å²) in [7, 11) is 0. The molecule has 0 unspecified atom stereocenters. The van der Waals surface area contributed by atoms with Crippen LogP contribution in [-0.4, -0.2) is 20.6 Å². The van der Waals surface area contributed by atoms with Crippen LogP contribution in [0, 0.1) is 11.6 Å². The predicted molar refractivity (Wildman–Crippen MR) is 80.6 cm³/mol. The number of aromatic nitrogens is 2. The topological polar surface area (TPSA) is 67.2 Å². The summed E-state index contributed by atoms with van der Waals surface area (Å²) in [5, 5.41) is 11.9. The van der Waals surface area contributed by atoms with Gasteiger partial charge in [0.25, 0.3) is 0 Å². The van der Waals surface area contributed by atoms with Crippen LogP contribution in [0.25, 0.3) is 11.0 Å². The van der Waals surface area contributed by atoms with Gasteiger partial charge in [0.05, 0.1) is 11.0 Å². The summed E-state index contributed by atoms with van der Waals surface area (Å²) in [4.78, 5) is 16.4. The van der Waals surface area contributed by atoms with Crippen LogP contribution in [0.4, 0.5) is 14.5 Å². The van der Waals surface area contributed by atoms with Crippen molar-refractivity contribution in [1.29, 1.82) is 0 Å². The third kappa shape index (κ3) is 3.04. The van der Waals surface area contributed by atoms with Crippen molar-refractivity contribution >= 4 is 22.6 Å². The Morgan fingerprint density at radius 1 is 1.17 bits per heavy atom. The van der Waals surface area contributed by atoms with E-state index in [1.54, 1.807) is 22.8 Å². The summed E-state index contributed by atoms with van der Waals surface area (Å²) in [6.45, 7) is -0.414. The normalized spacial score (nSPS) is 10.9. The summed E-state index contributed by atoms with van der Waals surface area (Å²) >= 11 is 0. The van der Waals surface area contributed by atoms with Crippen LogP contribution in [0.1, 0.15) is 5.82 Å². The number of amides is 1. The summed E-state index contributed by atoms with van der Waals surface area (Å²) in [6.07, 6.45) is 0. The molecule has 0 atom stereocenters. The third-order valence-electron chi connectivity index (χ3n) is 3.38. The zero-order valence-corrected chi connectivity index (χ0v) is 12.0. The summed E-state index contributed by atoms with van der Waals surface area (Å²) in [5.74, 6) is -2.10. The number of aliphatic hydroxyl groups is 1. The SMILES string of the molecule is O=C(Cn1c(CO)nc2ccccc21)Nc1ccc(F)c(F)c1. The smallest absolute Gasteiger partial charge is 0.244 e. The van der Waals surface area contributed by atoms with Gasteiger partial charge in [-0.1, -0.05) is 12.1 Å². The van der Waals surface area contributed by atoms with Crippen LogP contribution in [0.3, 0.4) is 0 Å². The second-order valence-electron chi connectivity index (χ2n) is 4.94. The molecule has 1 amide bonds. The predicted octanol–water partition coefficient (Wildman–Crippen LogP) is 2.45. The van der Waals surface area contributed by atoms with Crippen LogP contribution in [0.2, 0.25) is 0 Å². The Morgan fingerprint density at radius 3 is 2.70 bits per heavy atom. The van der Waals surface area contributed by atoms with Crippen LogP contribution in [-0.2, 0) is 17.9 Å². The van der Waals surface area contributed by atoms with Crippen molar-refractivity contribution in [1.82, 2.24) is 9.55 Å². The van der Waals surface area contributed by atoms with Gasteiger partial charge in [-0.3, -0.25) is 4.79 Å². The van der Waals surface area contributed by atoms with Gasteiger partial charge in [-0.25, -0.2) is 13.8 Å². The second kappa shape index (κ2) is 6.13. The van der Waals surface area contributed by atoms with Gasteiger partial charge in [0, 0.05) is 11.8 Å². The minimum absolute atomic E-state index is 0.102. The molecule has 3 rings (SSSR count). The number of para-hydroxylation sites is 2. The lowest BCUT2D eigenvalue weighted by molar-refractivity contribution is -0.116. The highest BCUT2D eigenvalue weighted by atomic mass is 19.2. The monoisotopic (exact) mass is 317 g/mol. The number of fused-ring (bicyclic) bond motifs is 1.